The van der Waals surface area contributed by atoms with E-state index in [9.17, 15) is 8.78 Å². The number of nitrogens with one attached hydrogen (secondary N) is 2. The zero-order valence-electron chi connectivity index (χ0n) is 13.0. The zero-order chi connectivity index (χ0) is 16.2. The highest BCUT2D eigenvalue weighted by molar-refractivity contribution is 7.98. The molecule has 0 aliphatic heterocycles. The summed E-state index contributed by atoms with van der Waals surface area (Å²) in [6.45, 7) is 4.25. The van der Waals surface area contributed by atoms with Crippen molar-refractivity contribution in [3.05, 3.63) is 29.8 Å². The normalized spacial score (nSPS) is 11.4. The molecule has 0 atom stereocenters. The summed E-state index contributed by atoms with van der Waals surface area (Å²) in [5.74, 6) is 0.528. The fourth-order valence-corrected chi connectivity index (χ4v) is 2.08. The van der Waals surface area contributed by atoms with Crippen molar-refractivity contribution >= 4 is 17.7 Å². The van der Waals surface area contributed by atoms with Gasteiger partial charge in [0.05, 0.1) is 6.54 Å². The van der Waals surface area contributed by atoms with E-state index in [0.29, 0.717) is 12.5 Å². The van der Waals surface area contributed by atoms with Crippen molar-refractivity contribution in [1.82, 2.24) is 10.6 Å². The first-order valence-electron chi connectivity index (χ1n) is 7.26. The lowest BCUT2D eigenvalue weighted by Gasteiger charge is -2.12. The van der Waals surface area contributed by atoms with Crippen LogP contribution in [0.25, 0.3) is 0 Å². The van der Waals surface area contributed by atoms with Crippen LogP contribution in [0.5, 0.6) is 5.75 Å². The number of guanidine groups is 1. The molecule has 0 heterocycles. The van der Waals surface area contributed by atoms with E-state index in [1.165, 1.54) is 12.1 Å². The van der Waals surface area contributed by atoms with Gasteiger partial charge in [-0.2, -0.15) is 11.8 Å². The predicted octanol–water partition coefficient (Wildman–Crippen LogP) is 2.65. The molecule has 0 unspecified atom stereocenters. The molecule has 0 aliphatic rings. The molecule has 1 rings (SSSR count). The molecule has 4 nitrogen and oxygen atoms in total. The van der Waals surface area contributed by atoms with Crippen LogP contribution in [-0.2, 0) is 0 Å². The van der Waals surface area contributed by atoms with Gasteiger partial charge in [0, 0.05) is 19.2 Å². The fraction of sp³-hybridized carbons (Fsp3) is 0.533. The molecule has 7 heteroatoms. The van der Waals surface area contributed by atoms with Crippen molar-refractivity contribution in [3.8, 4) is 5.75 Å². The number of aliphatic imine (C=N–C) groups is 1. The van der Waals surface area contributed by atoms with Crippen molar-refractivity contribution in [1.29, 1.82) is 0 Å². The smallest absolute Gasteiger partial charge is 0.191 e. The highest BCUT2D eigenvalue weighted by atomic mass is 32.2. The predicted molar refractivity (Wildman–Crippen MR) is 88.8 cm³/mol. The summed E-state index contributed by atoms with van der Waals surface area (Å²) in [6.07, 6.45) is 3.09. The maximum absolute atomic E-state index is 13.4. The quantitative estimate of drug-likeness (QED) is 0.415. The number of nitrogens with zero attached hydrogens (tertiary/aromatic N) is 1. The van der Waals surface area contributed by atoms with E-state index in [1.807, 2.05) is 6.92 Å². The lowest BCUT2D eigenvalue weighted by Crippen LogP contribution is -2.39. The third kappa shape index (κ3) is 7.49. The van der Waals surface area contributed by atoms with Crippen LogP contribution in [0, 0.1) is 11.6 Å². The molecule has 0 radical (unpaired) electrons. The van der Waals surface area contributed by atoms with Crippen LogP contribution in [0.15, 0.2) is 23.2 Å². The number of halogens is 2. The largest absolute Gasteiger partial charge is 0.489 e. The van der Waals surface area contributed by atoms with E-state index in [-0.39, 0.29) is 12.4 Å². The summed E-state index contributed by atoms with van der Waals surface area (Å²) in [5, 5.41) is 6.24. The Labute approximate surface area is 134 Å². The number of thioether (sulfide) groups is 1. The number of rotatable bonds is 9. The molecular weight excluding hydrogens is 308 g/mol. The first-order chi connectivity index (χ1) is 10.7. The molecule has 0 saturated carbocycles. The van der Waals surface area contributed by atoms with Crippen LogP contribution in [0.3, 0.4) is 0 Å². The SMILES string of the molecule is CCNC(=NCCCSC)NCCOc1ccc(F)cc1F. The zero-order valence-corrected chi connectivity index (χ0v) is 13.8. The molecule has 0 bridgehead atoms. The molecule has 124 valence electrons. The van der Waals surface area contributed by atoms with Crippen LogP contribution < -0.4 is 15.4 Å². The highest BCUT2D eigenvalue weighted by Gasteiger charge is 2.04. The molecular formula is C15H23F2N3OS. The van der Waals surface area contributed by atoms with Gasteiger partial charge in [0.1, 0.15) is 12.4 Å². The van der Waals surface area contributed by atoms with Crippen molar-refractivity contribution < 1.29 is 13.5 Å². The Hall–Kier alpha value is -1.50. The number of benzene rings is 1. The highest BCUT2D eigenvalue weighted by Crippen LogP contribution is 2.17. The average Bonchev–Trinajstić information content (AvgIpc) is 2.49. The van der Waals surface area contributed by atoms with E-state index < -0.39 is 11.6 Å². The Morgan fingerprint density at radius 1 is 1.32 bits per heavy atom. The van der Waals surface area contributed by atoms with Crippen LogP contribution in [-0.4, -0.2) is 44.2 Å². The third-order valence-electron chi connectivity index (χ3n) is 2.67. The molecule has 1 aromatic rings. The second-order valence-electron chi connectivity index (χ2n) is 4.46. The molecule has 1 aromatic carbocycles. The first-order valence-corrected chi connectivity index (χ1v) is 8.65. The Kier molecular flexibility index (Phi) is 9.37. The molecule has 2 N–H and O–H groups in total. The summed E-state index contributed by atoms with van der Waals surface area (Å²) < 4.78 is 31.4. The van der Waals surface area contributed by atoms with Crippen LogP contribution in [0.4, 0.5) is 8.78 Å². The van der Waals surface area contributed by atoms with E-state index in [2.05, 4.69) is 21.9 Å². The molecule has 22 heavy (non-hydrogen) atoms. The van der Waals surface area contributed by atoms with Gasteiger partial charge >= 0.3 is 0 Å². The Balaban J connectivity index is 2.32. The van der Waals surface area contributed by atoms with Gasteiger partial charge in [-0.25, -0.2) is 8.78 Å². The van der Waals surface area contributed by atoms with Gasteiger partial charge < -0.3 is 15.4 Å². The summed E-state index contributed by atoms with van der Waals surface area (Å²) >= 11 is 1.80. The standard InChI is InChI=1S/C15H23F2N3OS/c1-3-18-15(19-7-4-10-22-2)20-8-9-21-14-6-5-12(16)11-13(14)17/h5-6,11H,3-4,7-10H2,1-2H3,(H2,18,19,20). The lowest BCUT2D eigenvalue weighted by atomic mass is 10.3. The van der Waals surface area contributed by atoms with Crippen LogP contribution >= 0.6 is 11.8 Å². The van der Waals surface area contributed by atoms with Gasteiger partial charge in [0.25, 0.3) is 0 Å². The van der Waals surface area contributed by atoms with Gasteiger partial charge in [0.15, 0.2) is 17.5 Å². The Morgan fingerprint density at radius 2 is 2.14 bits per heavy atom. The maximum atomic E-state index is 13.4. The number of hydrogen-bond donors (Lipinski definition) is 2. The van der Waals surface area contributed by atoms with E-state index >= 15 is 0 Å². The lowest BCUT2D eigenvalue weighted by molar-refractivity contribution is 0.304. The summed E-state index contributed by atoms with van der Waals surface area (Å²) in [6, 6.07) is 3.26. The van der Waals surface area contributed by atoms with Gasteiger partial charge in [-0.15, -0.1) is 0 Å². The molecule has 0 aromatic heterocycles. The van der Waals surface area contributed by atoms with E-state index in [1.54, 1.807) is 11.8 Å². The van der Waals surface area contributed by atoms with Crippen molar-refractivity contribution in [3.63, 3.8) is 0 Å². The Bertz CT molecular complexity index is 472. The second-order valence-corrected chi connectivity index (χ2v) is 5.44. The third-order valence-corrected chi connectivity index (χ3v) is 3.36. The van der Waals surface area contributed by atoms with Crippen molar-refractivity contribution in [2.45, 2.75) is 13.3 Å². The topological polar surface area (TPSA) is 45.7 Å². The monoisotopic (exact) mass is 331 g/mol. The fourth-order valence-electron chi connectivity index (χ4n) is 1.66. The summed E-state index contributed by atoms with van der Waals surface area (Å²) in [4.78, 5) is 4.43. The molecule has 0 aliphatic carbocycles. The van der Waals surface area contributed by atoms with Crippen LogP contribution in [0.1, 0.15) is 13.3 Å². The maximum Gasteiger partial charge on any atom is 0.191 e. The minimum absolute atomic E-state index is 0.0464. The van der Waals surface area contributed by atoms with E-state index in [4.69, 9.17) is 4.74 Å². The molecule has 0 saturated heterocycles. The summed E-state index contributed by atoms with van der Waals surface area (Å²) in [7, 11) is 0. The molecule has 0 fully saturated rings. The summed E-state index contributed by atoms with van der Waals surface area (Å²) in [5.41, 5.74) is 0. The minimum atomic E-state index is -0.697. The average molecular weight is 331 g/mol. The van der Waals surface area contributed by atoms with Gasteiger partial charge in [0.2, 0.25) is 0 Å². The van der Waals surface area contributed by atoms with E-state index in [0.717, 1.165) is 31.3 Å². The van der Waals surface area contributed by atoms with Gasteiger partial charge in [-0.1, -0.05) is 0 Å². The van der Waals surface area contributed by atoms with Crippen molar-refractivity contribution in [2.75, 3.05) is 38.2 Å². The Morgan fingerprint density at radius 3 is 2.82 bits per heavy atom. The number of ether oxygens (including phenoxy) is 1. The second kappa shape index (κ2) is 11.1. The van der Waals surface area contributed by atoms with Crippen molar-refractivity contribution in [2.24, 2.45) is 4.99 Å². The minimum Gasteiger partial charge on any atom is -0.489 e. The number of hydrogen-bond acceptors (Lipinski definition) is 3. The molecule has 0 spiro atoms. The molecule has 0 amide bonds. The van der Waals surface area contributed by atoms with Gasteiger partial charge in [-0.05, 0) is 37.5 Å². The first kappa shape index (κ1) is 18.5. The van der Waals surface area contributed by atoms with Crippen LogP contribution in [0.2, 0.25) is 0 Å². The van der Waals surface area contributed by atoms with Gasteiger partial charge in [-0.3, -0.25) is 4.99 Å².